The van der Waals surface area contributed by atoms with E-state index in [1.807, 2.05) is 59.7 Å². The normalized spacial score (nSPS) is 15.1. The van der Waals surface area contributed by atoms with Crippen LogP contribution >= 0.6 is 0 Å². The highest BCUT2D eigenvalue weighted by Gasteiger charge is 2.38. The molecule has 2 fully saturated rings. The molecule has 2 saturated heterocycles. The third-order valence-corrected chi connectivity index (χ3v) is 7.61. The minimum absolute atomic E-state index is 0.180. The predicted molar refractivity (Wildman–Crippen MR) is 167 cm³/mol. The Kier molecular flexibility index (Phi) is 11.2. The largest absolute Gasteiger partial charge is 0.356 e. The van der Waals surface area contributed by atoms with Crippen LogP contribution in [-0.2, 0) is 5.67 Å². The summed E-state index contributed by atoms with van der Waals surface area (Å²) in [6, 6.07) is 15.8. The number of piperidine rings is 1. The van der Waals surface area contributed by atoms with Gasteiger partial charge in [0.1, 0.15) is 11.5 Å². The Morgan fingerprint density at radius 2 is 1.57 bits per heavy atom. The highest BCUT2D eigenvalue weighted by atomic mass is 19.1. The topological polar surface area (TPSA) is 89.3 Å². The number of aromatic nitrogens is 1. The zero-order valence-corrected chi connectivity index (χ0v) is 25.6. The minimum atomic E-state index is -1.54. The van der Waals surface area contributed by atoms with Gasteiger partial charge in [0, 0.05) is 56.5 Å². The van der Waals surface area contributed by atoms with Crippen LogP contribution in [0.1, 0.15) is 89.9 Å². The van der Waals surface area contributed by atoms with Crippen molar-refractivity contribution < 1.29 is 14.0 Å². The lowest BCUT2D eigenvalue weighted by molar-refractivity contribution is 0.0421. The molecule has 0 atom stereocenters. The van der Waals surface area contributed by atoms with Gasteiger partial charge in [-0.2, -0.15) is 5.26 Å². The van der Waals surface area contributed by atoms with Gasteiger partial charge in [-0.15, -0.1) is 0 Å². The second kappa shape index (κ2) is 14.6. The summed E-state index contributed by atoms with van der Waals surface area (Å²) in [5.74, 6) is 0.395. The molecule has 2 aliphatic heterocycles. The molecule has 0 saturated carbocycles. The molecule has 42 heavy (non-hydrogen) atoms. The van der Waals surface area contributed by atoms with Gasteiger partial charge in [0.15, 0.2) is 0 Å². The molecule has 0 aliphatic carbocycles. The van der Waals surface area contributed by atoms with E-state index in [4.69, 9.17) is 5.26 Å². The van der Waals surface area contributed by atoms with E-state index in [1.165, 1.54) is 0 Å². The number of benzene rings is 2. The van der Waals surface area contributed by atoms with E-state index in [9.17, 15) is 9.59 Å². The number of likely N-dealkylation sites (tertiary alicyclic amines) is 1. The Morgan fingerprint density at radius 3 is 2.10 bits per heavy atom. The highest BCUT2D eigenvalue weighted by Crippen LogP contribution is 2.37. The molecule has 2 aliphatic rings. The Balaban J connectivity index is 0.00000116. The van der Waals surface area contributed by atoms with E-state index in [0.29, 0.717) is 27.9 Å². The molecule has 0 unspecified atom stereocenters. The second-order valence-electron chi connectivity index (χ2n) is 10.1. The number of hydrogen-bond donors (Lipinski definition) is 1. The molecule has 5 rings (SSSR count). The Hall–Kier alpha value is -4.25. The zero-order valence-electron chi connectivity index (χ0n) is 25.6. The average Bonchev–Trinajstić information content (AvgIpc) is 3.00. The predicted octanol–water partition coefficient (Wildman–Crippen LogP) is 7.19. The van der Waals surface area contributed by atoms with Gasteiger partial charge in [-0.1, -0.05) is 45.9 Å². The fourth-order valence-electron chi connectivity index (χ4n) is 5.03. The van der Waals surface area contributed by atoms with Crippen LogP contribution < -0.4 is 10.2 Å². The summed E-state index contributed by atoms with van der Waals surface area (Å²) < 4.78 is 15.7. The molecule has 1 N–H and O–H groups in total. The van der Waals surface area contributed by atoms with Crippen LogP contribution in [0.2, 0.25) is 0 Å². The van der Waals surface area contributed by atoms with Crippen LogP contribution in [0, 0.1) is 25.2 Å². The molecule has 222 valence electrons. The smallest absolute Gasteiger partial charge is 0.257 e. The summed E-state index contributed by atoms with van der Waals surface area (Å²) in [5.41, 5.74) is 2.63. The van der Waals surface area contributed by atoms with E-state index in [1.54, 1.807) is 47.5 Å². The van der Waals surface area contributed by atoms with Crippen molar-refractivity contribution in [1.29, 1.82) is 5.26 Å². The number of anilines is 2. The van der Waals surface area contributed by atoms with Gasteiger partial charge in [-0.05, 0) is 67.3 Å². The number of nitrogens with one attached hydrogen (secondary N) is 1. The first-order valence-corrected chi connectivity index (χ1v) is 14.9. The first-order valence-electron chi connectivity index (χ1n) is 14.9. The number of halogens is 1. The summed E-state index contributed by atoms with van der Waals surface area (Å²) in [6.07, 6.45) is 3.09. The number of alkyl halides is 1. The van der Waals surface area contributed by atoms with Gasteiger partial charge >= 0.3 is 0 Å². The monoisotopic (exact) mass is 571 g/mol. The summed E-state index contributed by atoms with van der Waals surface area (Å²) in [4.78, 5) is 34.6. The number of rotatable bonds is 5. The van der Waals surface area contributed by atoms with Crippen LogP contribution in [0.3, 0.4) is 0 Å². The van der Waals surface area contributed by atoms with E-state index < -0.39 is 5.67 Å². The molecule has 7 nitrogen and oxygen atoms in total. The summed E-state index contributed by atoms with van der Waals surface area (Å²) >= 11 is 0. The van der Waals surface area contributed by atoms with Crippen LogP contribution in [-0.4, -0.2) is 47.9 Å². The fraction of sp³-hybridized carbons (Fsp3) is 0.412. The minimum Gasteiger partial charge on any atom is -0.356 e. The van der Waals surface area contributed by atoms with Crippen molar-refractivity contribution >= 4 is 23.3 Å². The summed E-state index contributed by atoms with van der Waals surface area (Å²) in [6.45, 7) is 14.3. The van der Waals surface area contributed by atoms with Crippen molar-refractivity contribution in [2.45, 2.75) is 66.5 Å². The molecule has 0 spiro atoms. The van der Waals surface area contributed by atoms with Crippen LogP contribution in [0.15, 0.2) is 54.7 Å². The number of aryl methyl sites for hydroxylation is 2. The molecule has 8 heteroatoms. The van der Waals surface area contributed by atoms with Crippen molar-refractivity contribution in [2.75, 3.05) is 36.4 Å². The molecule has 0 bridgehead atoms. The van der Waals surface area contributed by atoms with Crippen molar-refractivity contribution in [2.24, 2.45) is 0 Å². The first-order chi connectivity index (χ1) is 20.3. The lowest BCUT2D eigenvalue weighted by atomic mass is 9.85. The first kappa shape index (κ1) is 32.3. The van der Waals surface area contributed by atoms with E-state index >= 15 is 4.39 Å². The maximum Gasteiger partial charge on any atom is 0.257 e. The molecule has 3 heterocycles. The zero-order chi connectivity index (χ0) is 30.9. The number of nitriles is 1. The SMILES string of the molecule is CC.CC.Cc1cc(C)c(C(=O)N2CCC(F)(c3ccc(C#N)cc3)CC2)cc1NC(=O)c1ccc(N2CCC2)nc1. The molecule has 2 amide bonds. The fourth-order valence-corrected chi connectivity index (χ4v) is 5.03. The lowest BCUT2D eigenvalue weighted by Crippen LogP contribution is -2.43. The van der Waals surface area contributed by atoms with Gasteiger partial charge < -0.3 is 15.1 Å². The molecule has 2 aromatic carbocycles. The van der Waals surface area contributed by atoms with Gasteiger partial charge in [0.2, 0.25) is 0 Å². The molecular weight excluding hydrogens is 529 g/mol. The second-order valence-corrected chi connectivity index (χ2v) is 10.1. The van der Waals surface area contributed by atoms with Gasteiger partial charge in [0.25, 0.3) is 11.8 Å². The highest BCUT2D eigenvalue weighted by molar-refractivity contribution is 6.05. The number of amides is 2. The van der Waals surface area contributed by atoms with E-state index in [-0.39, 0.29) is 37.7 Å². The molecule has 0 radical (unpaired) electrons. The average molecular weight is 572 g/mol. The number of carbonyl (C=O) groups is 2. The number of carbonyl (C=O) groups excluding carboxylic acids is 2. The Labute approximate surface area is 249 Å². The quantitative estimate of drug-likeness (QED) is 0.350. The Morgan fingerprint density at radius 1 is 0.929 bits per heavy atom. The van der Waals surface area contributed by atoms with Crippen LogP contribution in [0.5, 0.6) is 0 Å². The third kappa shape index (κ3) is 7.14. The van der Waals surface area contributed by atoms with E-state index in [0.717, 1.165) is 36.5 Å². The number of hydrogen-bond acceptors (Lipinski definition) is 5. The molecule has 3 aromatic rings. The van der Waals surface area contributed by atoms with Crippen molar-refractivity contribution in [3.63, 3.8) is 0 Å². The van der Waals surface area contributed by atoms with Crippen molar-refractivity contribution in [3.8, 4) is 6.07 Å². The molecular formula is C34H42FN5O2. The van der Waals surface area contributed by atoms with Crippen molar-refractivity contribution in [1.82, 2.24) is 9.88 Å². The molecule has 1 aromatic heterocycles. The maximum absolute atomic E-state index is 15.7. The Bertz CT molecular complexity index is 1400. The van der Waals surface area contributed by atoms with Gasteiger partial charge in [0.05, 0.1) is 17.2 Å². The summed E-state index contributed by atoms with van der Waals surface area (Å²) in [7, 11) is 0. The van der Waals surface area contributed by atoms with Crippen LogP contribution in [0.25, 0.3) is 0 Å². The summed E-state index contributed by atoms with van der Waals surface area (Å²) in [5, 5.41) is 11.9. The maximum atomic E-state index is 15.7. The number of pyridine rings is 1. The van der Waals surface area contributed by atoms with Gasteiger partial charge in [-0.25, -0.2) is 9.37 Å². The number of nitrogens with zero attached hydrogens (tertiary/aromatic N) is 4. The van der Waals surface area contributed by atoms with Gasteiger partial charge in [-0.3, -0.25) is 9.59 Å². The lowest BCUT2D eigenvalue weighted by Gasteiger charge is -2.37. The standard InChI is InChI=1S/C30H30FN5O2.2C2H6/c1-20-16-21(2)26(34-28(37)23-6-9-27(33-19-23)35-12-3-13-35)17-25(20)29(38)36-14-10-30(31,11-15-36)24-7-4-22(18-32)5-8-24;2*1-2/h4-9,16-17,19H,3,10-15H2,1-2H3,(H,34,37);2*1-2H3. The van der Waals surface area contributed by atoms with Crippen molar-refractivity contribution in [3.05, 3.63) is 88.1 Å². The van der Waals surface area contributed by atoms with E-state index in [2.05, 4.69) is 15.2 Å². The third-order valence-electron chi connectivity index (χ3n) is 7.61. The van der Waals surface area contributed by atoms with Crippen LogP contribution in [0.4, 0.5) is 15.9 Å².